The number of nitrogen functional groups attached to an aromatic ring is 1. The number of rotatable bonds is 5. The maximum atomic E-state index is 11.4. The fourth-order valence-electron chi connectivity index (χ4n) is 1.32. The maximum absolute atomic E-state index is 11.4. The van der Waals surface area contributed by atoms with Crippen molar-refractivity contribution in [3.05, 3.63) is 17.8 Å². The maximum Gasteiger partial charge on any atom is 0.250 e. The Kier molecular flexibility index (Phi) is 4.47. The Bertz CT molecular complexity index is 459. The van der Waals surface area contributed by atoms with Gasteiger partial charge in [-0.3, -0.25) is 9.59 Å². The van der Waals surface area contributed by atoms with Gasteiger partial charge >= 0.3 is 0 Å². The van der Waals surface area contributed by atoms with Crippen molar-refractivity contribution in [3.8, 4) is 0 Å². The zero-order chi connectivity index (χ0) is 13.7. The lowest BCUT2D eigenvalue weighted by Gasteiger charge is -2.10. The van der Waals surface area contributed by atoms with Crippen molar-refractivity contribution < 1.29 is 9.59 Å². The van der Waals surface area contributed by atoms with Gasteiger partial charge in [0.1, 0.15) is 5.82 Å². The summed E-state index contributed by atoms with van der Waals surface area (Å²) in [6, 6.07) is 1.49. The van der Waals surface area contributed by atoms with Gasteiger partial charge in [-0.25, -0.2) is 4.98 Å². The van der Waals surface area contributed by atoms with Gasteiger partial charge in [0.05, 0.1) is 24.0 Å². The second kappa shape index (κ2) is 5.85. The van der Waals surface area contributed by atoms with E-state index in [-0.39, 0.29) is 29.7 Å². The van der Waals surface area contributed by atoms with Crippen LogP contribution in [0.25, 0.3) is 0 Å². The summed E-state index contributed by atoms with van der Waals surface area (Å²) >= 11 is 0. The highest BCUT2D eigenvalue weighted by Crippen LogP contribution is 2.13. The van der Waals surface area contributed by atoms with Crippen LogP contribution in [0.15, 0.2) is 12.3 Å². The highest BCUT2D eigenvalue weighted by Gasteiger charge is 2.09. The van der Waals surface area contributed by atoms with Crippen molar-refractivity contribution in [3.63, 3.8) is 0 Å². The Morgan fingerprint density at radius 2 is 2.11 bits per heavy atom. The average Bonchev–Trinajstić information content (AvgIpc) is 2.26. The standard InChI is InChI=1S/C11H17N5O2/c1-6(2)16-10(17)5-15-9-3-7(11(13)18)8(12)4-14-9/h3-4,6H,5,12H2,1-2H3,(H2,13,18)(H,14,15)(H,16,17). The number of nitrogens with two attached hydrogens (primary N) is 2. The van der Waals surface area contributed by atoms with E-state index in [4.69, 9.17) is 11.5 Å². The lowest BCUT2D eigenvalue weighted by Crippen LogP contribution is -2.35. The highest BCUT2D eigenvalue weighted by molar-refractivity contribution is 5.98. The third-order valence-electron chi connectivity index (χ3n) is 2.08. The molecule has 0 saturated carbocycles. The van der Waals surface area contributed by atoms with E-state index in [1.54, 1.807) is 0 Å². The van der Waals surface area contributed by atoms with Crippen molar-refractivity contribution in [1.82, 2.24) is 10.3 Å². The molecule has 1 aromatic rings. The summed E-state index contributed by atoms with van der Waals surface area (Å²) in [5.74, 6) is -0.425. The quantitative estimate of drug-likeness (QED) is 0.572. The first-order valence-electron chi connectivity index (χ1n) is 5.48. The van der Waals surface area contributed by atoms with Gasteiger partial charge in [-0.1, -0.05) is 0 Å². The van der Waals surface area contributed by atoms with Crippen LogP contribution in [0.4, 0.5) is 11.5 Å². The van der Waals surface area contributed by atoms with Gasteiger partial charge in [-0.05, 0) is 19.9 Å². The van der Waals surface area contributed by atoms with Crippen LogP contribution in [0.5, 0.6) is 0 Å². The first-order valence-corrected chi connectivity index (χ1v) is 5.48. The number of primary amides is 1. The van der Waals surface area contributed by atoms with E-state index in [1.807, 2.05) is 13.8 Å². The van der Waals surface area contributed by atoms with Crippen LogP contribution >= 0.6 is 0 Å². The Balaban J connectivity index is 2.66. The fraction of sp³-hybridized carbons (Fsp3) is 0.364. The van der Waals surface area contributed by atoms with Crippen molar-refractivity contribution in [2.75, 3.05) is 17.6 Å². The molecule has 0 atom stereocenters. The van der Waals surface area contributed by atoms with E-state index in [2.05, 4.69) is 15.6 Å². The summed E-state index contributed by atoms with van der Waals surface area (Å²) in [4.78, 5) is 26.4. The minimum atomic E-state index is -0.635. The molecule has 0 fully saturated rings. The molecule has 98 valence electrons. The number of aromatic nitrogens is 1. The van der Waals surface area contributed by atoms with Crippen molar-refractivity contribution in [1.29, 1.82) is 0 Å². The smallest absolute Gasteiger partial charge is 0.250 e. The van der Waals surface area contributed by atoms with Crippen LogP contribution < -0.4 is 22.1 Å². The molecule has 0 aliphatic carbocycles. The number of carbonyl (C=O) groups excluding carboxylic acids is 2. The molecule has 0 radical (unpaired) electrons. The second-order valence-electron chi connectivity index (χ2n) is 4.10. The first-order chi connectivity index (χ1) is 8.40. The van der Waals surface area contributed by atoms with Crippen LogP contribution in [-0.2, 0) is 4.79 Å². The zero-order valence-electron chi connectivity index (χ0n) is 10.4. The van der Waals surface area contributed by atoms with E-state index >= 15 is 0 Å². The monoisotopic (exact) mass is 251 g/mol. The van der Waals surface area contributed by atoms with E-state index in [1.165, 1.54) is 12.3 Å². The summed E-state index contributed by atoms with van der Waals surface area (Å²) in [5, 5.41) is 5.50. The predicted molar refractivity (Wildman–Crippen MR) is 68.9 cm³/mol. The molecular formula is C11H17N5O2. The third-order valence-corrected chi connectivity index (χ3v) is 2.08. The molecule has 0 bridgehead atoms. The topological polar surface area (TPSA) is 123 Å². The molecule has 0 aliphatic rings. The molecule has 0 aromatic carbocycles. The van der Waals surface area contributed by atoms with Gasteiger partial charge in [0.2, 0.25) is 5.91 Å². The van der Waals surface area contributed by atoms with Crippen LogP contribution in [0.1, 0.15) is 24.2 Å². The first kappa shape index (κ1) is 13.8. The SMILES string of the molecule is CC(C)NC(=O)CNc1cc(C(N)=O)c(N)cn1. The summed E-state index contributed by atoms with van der Waals surface area (Å²) in [6.45, 7) is 3.79. The number of nitrogens with zero attached hydrogens (tertiary/aromatic N) is 1. The van der Waals surface area contributed by atoms with E-state index in [9.17, 15) is 9.59 Å². The molecule has 6 N–H and O–H groups in total. The molecule has 0 unspecified atom stereocenters. The van der Waals surface area contributed by atoms with Gasteiger partial charge in [-0.2, -0.15) is 0 Å². The molecule has 7 nitrogen and oxygen atoms in total. The second-order valence-corrected chi connectivity index (χ2v) is 4.10. The molecular weight excluding hydrogens is 234 g/mol. The van der Waals surface area contributed by atoms with Crippen molar-refractivity contribution in [2.24, 2.45) is 5.73 Å². The number of hydrogen-bond acceptors (Lipinski definition) is 5. The minimum Gasteiger partial charge on any atom is -0.397 e. The minimum absolute atomic E-state index is 0.0628. The summed E-state index contributed by atoms with van der Waals surface area (Å²) in [5.41, 5.74) is 11.1. The highest BCUT2D eigenvalue weighted by atomic mass is 16.2. The third kappa shape index (κ3) is 3.93. The Labute approximate surface area is 105 Å². The normalized spacial score (nSPS) is 10.2. The van der Waals surface area contributed by atoms with Gasteiger partial charge in [0.15, 0.2) is 0 Å². The van der Waals surface area contributed by atoms with Crippen LogP contribution in [0.2, 0.25) is 0 Å². The van der Waals surface area contributed by atoms with Crippen molar-refractivity contribution in [2.45, 2.75) is 19.9 Å². The average molecular weight is 251 g/mol. The molecule has 0 saturated heterocycles. The molecule has 0 aliphatic heterocycles. The number of nitrogens with one attached hydrogen (secondary N) is 2. The summed E-state index contributed by atoms with van der Waals surface area (Å²) in [7, 11) is 0. The molecule has 1 rings (SSSR count). The van der Waals surface area contributed by atoms with Crippen LogP contribution in [0, 0.1) is 0 Å². The van der Waals surface area contributed by atoms with Gasteiger partial charge in [0, 0.05) is 6.04 Å². The van der Waals surface area contributed by atoms with Gasteiger partial charge < -0.3 is 22.1 Å². The van der Waals surface area contributed by atoms with E-state index in [0.29, 0.717) is 5.82 Å². The predicted octanol–water partition coefficient (Wildman–Crippen LogP) is -0.301. The van der Waals surface area contributed by atoms with Gasteiger partial charge in [-0.15, -0.1) is 0 Å². The molecule has 2 amide bonds. The van der Waals surface area contributed by atoms with E-state index in [0.717, 1.165) is 0 Å². The largest absolute Gasteiger partial charge is 0.397 e. The van der Waals surface area contributed by atoms with Gasteiger partial charge in [0.25, 0.3) is 5.91 Å². The lowest BCUT2D eigenvalue weighted by atomic mass is 10.2. The molecule has 0 spiro atoms. The Hall–Kier alpha value is -2.31. The van der Waals surface area contributed by atoms with E-state index < -0.39 is 5.91 Å². The Morgan fingerprint density at radius 1 is 1.44 bits per heavy atom. The van der Waals surface area contributed by atoms with Crippen LogP contribution in [-0.4, -0.2) is 29.4 Å². The number of amides is 2. The zero-order valence-corrected chi connectivity index (χ0v) is 10.4. The number of hydrogen-bond donors (Lipinski definition) is 4. The Morgan fingerprint density at radius 3 is 2.67 bits per heavy atom. The summed E-state index contributed by atoms with van der Waals surface area (Å²) < 4.78 is 0. The number of anilines is 2. The molecule has 1 aromatic heterocycles. The molecule has 7 heteroatoms. The number of pyridine rings is 1. The molecule has 1 heterocycles. The molecule has 18 heavy (non-hydrogen) atoms. The van der Waals surface area contributed by atoms with Crippen LogP contribution in [0.3, 0.4) is 0 Å². The lowest BCUT2D eigenvalue weighted by molar-refractivity contribution is -0.119. The van der Waals surface area contributed by atoms with Crippen molar-refractivity contribution >= 4 is 23.3 Å². The number of carbonyl (C=O) groups is 2. The summed E-state index contributed by atoms with van der Waals surface area (Å²) in [6.07, 6.45) is 1.32. The fourth-order valence-corrected chi connectivity index (χ4v) is 1.32.